The number of urea groups is 2. The molecule has 5 amide bonds. The molecule has 0 radical (unpaired) electrons. The van der Waals surface area contributed by atoms with Gasteiger partial charge in [0, 0.05) is 31.2 Å². The van der Waals surface area contributed by atoms with E-state index in [1.54, 1.807) is 50.9 Å². The number of hydrogen-bond acceptors (Lipinski definition) is 7. The number of nitrogens with zero attached hydrogens (tertiary/aromatic N) is 3. The number of aryl methyl sites for hydroxylation is 2. The number of aliphatic hydroxyl groups is 1. The standard InChI is InChI=1S/C26H38N6O6/c1-14(2)27-25(35)28-19-8-9-21-20(10-19)24(34)32(16(4)13-33)11-15(3)22(37-21)12-31(7)26(36)29-23-17(5)30-38-18(23)6/h8-10,14-16,22,33H,11-13H2,1-7H3,(H,29,36)(H2,27,28,35)/t15-,16-,22-/m0/s1. The van der Waals surface area contributed by atoms with Gasteiger partial charge in [0.05, 0.1) is 24.8 Å². The molecule has 3 rings (SSSR count). The summed E-state index contributed by atoms with van der Waals surface area (Å²) in [7, 11) is 1.66. The molecule has 208 valence electrons. The number of rotatable bonds is 7. The number of anilines is 2. The third kappa shape index (κ3) is 6.74. The zero-order chi connectivity index (χ0) is 28.1. The van der Waals surface area contributed by atoms with Crippen molar-refractivity contribution in [2.24, 2.45) is 5.92 Å². The van der Waals surface area contributed by atoms with Crippen LogP contribution in [-0.4, -0.2) is 83.0 Å². The molecule has 4 N–H and O–H groups in total. The first-order chi connectivity index (χ1) is 17.9. The number of ether oxygens (including phenoxy) is 1. The maximum atomic E-state index is 13.5. The Labute approximate surface area is 222 Å². The molecule has 1 aliphatic heterocycles. The monoisotopic (exact) mass is 530 g/mol. The number of benzene rings is 1. The summed E-state index contributed by atoms with van der Waals surface area (Å²) in [4.78, 5) is 41.8. The van der Waals surface area contributed by atoms with E-state index in [1.165, 1.54) is 4.90 Å². The number of fused-ring (bicyclic) bond motifs is 1. The molecule has 0 spiro atoms. The summed E-state index contributed by atoms with van der Waals surface area (Å²) in [5, 5.41) is 22.0. The Morgan fingerprint density at radius 1 is 1.24 bits per heavy atom. The predicted octanol–water partition coefficient (Wildman–Crippen LogP) is 3.21. The molecule has 1 aromatic carbocycles. The first-order valence-corrected chi connectivity index (χ1v) is 12.7. The largest absolute Gasteiger partial charge is 0.487 e. The summed E-state index contributed by atoms with van der Waals surface area (Å²) in [6.07, 6.45) is -0.473. The molecule has 3 atom stereocenters. The van der Waals surface area contributed by atoms with E-state index in [0.717, 1.165) is 0 Å². The lowest BCUT2D eigenvalue weighted by Gasteiger charge is -2.38. The van der Waals surface area contributed by atoms with Crippen molar-refractivity contribution in [3.63, 3.8) is 0 Å². The first-order valence-electron chi connectivity index (χ1n) is 12.7. The fourth-order valence-corrected chi connectivity index (χ4v) is 4.16. The van der Waals surface area contributed by atoms with Crippen LogP contribution in [0.25, 0.3) is 0 Å². The van der Waals surface area contributed by atoms with Gasteiger partial charge in [-0.05, 0) is 52.8 Å². The number of likely N-dealkylation sites (N-methyl/N-ethyl adjacent to an activating group) is 1. The predicted molar refractivity (Wildman–Crippen MR) is 143 cm³/mol. The number of carbonyl (C=O) groups is 3. The molecule has 2 aromatic rings. The lowest BCUT2D eigenvalue weighted by molar-refractivity contribution is 0.0371. The lowest BCUT2D eigenvalue weighted by atomic mass is 9.99. The third-order valence-electron chi connectivity index (χ3n) is 6.41. The van der Waals surface area contributed by atoms with Crippen LogP contribution in [0.1, 0.15) is 49.5 Å². The zero-order valence-corrected chi connectivity index (χ0v) is 23.0. The maximum absolute atomic E-state index is 13.5. The molecule has 0 saturated carbocycles. The van der Waals surface area contributed by atoms with Crippen LogP contribution in [0.3, 0.4) is 0 Å². The van der Waals surface area contributed by atoms with Gasteiger partial charge in [0.2, 0.25) is 0 Å². The zero-order valence-electron chi connectivity index (χ0n) is 23.0. The van der Waals surface area contributed by atoms with Crippen LogP contribution in [0, 0.1) is 19.8 Å². The van der Waals surface area contributed by atoms with Gasteiger partial charge in [-0.25, -0.2) is 9.59 Å². The molecule has 0 bridgehead atoms. The molecular weight excluding hydrogens is 492 g/mol. The van der Waals surface area contributed by atoms with E-state index in [-0.39, 0.29) is 42.6 Å². The smallest absolute Gasteiger partial charge is 0.321 e. The number of carbonyl (C=O) groups excluding carboxylic acids is 3. The summed E-state index contributed by atoms with van der Waals surface area (Å²) in [6, 6.07) is 3.60. The van der Waals surface area contributed by atoms with Gasteiger partial charge in [0.25, 0.3) is 5.91 Å². The minimum Gasteiger partial charge on any atom is -0.487 e. The van der Waals surface area contributed by atoms with Crippen molar-refractivity contribution in [3.05, 3.63) is 35.2 Å². The molecule has 1 aromatic heterocycles. The van der Waals surface area contributed by atoms with Crippen molar-refractivity contribution in [1.29, 1.82) is 0 Å². The minimum atomic E-state index is -0.473. The minimum absolute atomic E-state index is 0.0563. The normalized spacial score (nSPS) is 18.1. The molecule has 1 aliphatic rings. The molecule has 0 saturated heterocycles. The number of amides is 5. The maximum Gasteiger partial charge on any atom is 0.321 e. The van der Waals surface area contributed by atoms with Gasteiger partial charge < -0.3 is 40.1 Å². The van der Waals surface area contributed by atoms with Gasteiger partial charge in [0.1, 0.15) is 23.2 Å². The molecular formula is C26H38N6O6. The quantitative estimate of drug-likeness (QED) is 0.429. The van der Waals surface area contributed by atoms with Crippen LogP contribution in [0.5, 0.6) is 5.75 Å². The molecule has 2 heterocycles. The van der Waals surface area contributed by atoms with E-state index in [2.05, 4.69) is 21.1 Å². The van der Waals surface area contributed by atoms with E-state index in [1.807, 2.05) is 20.8 Å². The number of hydrogen-bond donors (Lipinski definition) is 4. The second kappa shape index (κ2) is 12.2. The lowest BCUT2D eigenvalue weighted by Crippen LogP contribution is -2.50. The SMILES string of the molecule is Cc1noc(C)c1NC(=O)N(C)C[C@@H]1Oc2ccc(NC(=O)NC(C)C)cc2C(=O)N([C@@H](C)CO)C[C@@H]1C. The van der Waals surface area contributed by atoms with E-state index in [4.69, 9.17) is 9.26 Å². The molecule has 12 nitrogen and oxygen atoms in total. The van der Waals surface area contributed by atoms with Gasteiger partial charge >= 0.3 is 12.1 Å². The fraction of sp³-hybridized carbons (Fsp3) is 0.538. The van der Waals surface area contributed by atoms with Crippen LogP contribution in [0.2, 0.25) is 0 Å². The number of aliphatic hydroxyl groups excluding tert-OH is 1. The second-order valence-corrected chi connectivity index (χ2v) is 10.1. The van der Waals surface area contributed by atoms with Gasteiger partial charge in [0.15, 0.2) is 5.76 Å². The van der Waals surface area contributed by atoms with Crippen LogP contribution in [-0.2, 0) is 0 Å². The summed E-state index contributed by atoms with van der Waals surface area (Å²) in [6.45, 7) is 11.2. The Balaban J connectivity index is 1.87. The molecule has 0 aliphatic carbocycles. The number of nitrogens with one attached hydrogen (secondary N) is 3. The first kappa shape index (κ1) is 28.8. The van der Waals surface area contributed by atoms with Crippen molar-refractivity contribution in [2.45, 2.75) is 59.7 Å². The average Bonchev–Trinajstić information content (AvgIpc) is 3.17. The Kier molecular flexibility index (Phi) is 9.21. The van der Waals surface area contributed by atoms with Crippen LogP contribution >= 0.6 is 0 Å². The summed E-state index contributed by atoms with van der Waals surface area (Å²) in [5.74, 6) is 0.345. The highest BCUT2D eigenvalue weighted by atomic mass is 16.5. The molecule has 38 heavy (non-hydrogen) atoms. The third-order valence-corrected chi connectivity index (χ3v) is 6.41. The van der Waals surface area contributed by atoms with Crippen molar-refractivity contribution in [3.8, 4) is 5.75 Å². The van der Waals surface area contributed by atoms with Gasteiger partial charge in [-0.15, -0.1) is 0 Å². The Bertz CT molecular complexity index is 1150. The van der Waals surface area contributed by atoms with Crippen molar-refractivity contribution in [1.82, 2.24) is 20.3 Å². The molecule has 0 unspecified atom stereocenters. The van der Waals surface area contributed by atoms with Crippen molar-refractivity contribution < 1.29 is 28.8 Å². The summed E-state index contributed by atoms with van der Waals surface area (Å²) >= 11 is 0. The Morgan fingerprint density at radius 3 is 2.55 bits per heavy atom. The number of aromatic nitrogens is 1. The molecule has 0 fully saturated rings. The van der Waals surface area contributed by atoms with E-state index >= 15 is 0 Å². The van der Waals surface area contributed by atoms with E-state index in [0.29, 0.717) is 35.1 Å². The Morgan fingerprint density at radius 2 is 1.95 bits per heavy atom. The van der Waals surface area contributed by atoms with Gasteiger partial charge in [-0.1, -0.05) is 12.1 Å². The van der Waals surface area contributed by atoms with Crippen LogP contribution in [0.4, 0.5) is 21.0 Å². The fourth-order valence-electron chi connectivity index (χ4n) is 4.16. The van der Waals surface area contributed by atoms with Crippen molar-refractivity contribution >= 4 is 29.3 Å². The Hall–Kier alpha value is -3.80. The van der Waals surface area contributed by atoms with Crippen molar-refractivity contribution in [2.75, 3.05) is 37.4 Å². The second-order valence-electron chi connectivity index (χ2n) is 10.1. The van der Waals surface area contributed by atoms with E-state index in [9.17, 15) is 19.5 Å². The van der Waals surface area contributed by atoms with Crippen LogP contribution < -0.4 is 20.7 Å². The molecule has 12 heteroatoms. The average molecular weight is 531 g/mol. The highest BCUT2D eigenvalue weighted by molar-refractivity contribution is 5.99. The highest BCUT2D eigenvalue weighted by Crippen LogP contribution is 2.31. The van der Waals surface area contributed by atoms with E-state index < -0.39 is 18.2 Å². The van der Waals surface area contributed by atoms with Crippen LogP contribution in [0.15, 0.2) is 22.7 Å². The topological polar surface area (TPSA) is 149 Å². The van der Waals surface area contributed by atoms with Gasteiger partial charge in [-0.2, -0.15) is 0 Å². The summed E-state index contributed by atoms with van der Waals surface area (Å²) in [5.41, 5.74) is 1.78. The highest BCUT2D eigenvalue weighted by Gasteiger charge is 2.34. The summed E-state index contributed by atoms with van der Waals surface area (Å²) < 4.78 is 11.4. The van der Waals surface area contributed by atoms with Gasteiger partial charge in [-0.3, -0.25) is 4.79 Å².